The fourth-order valence-corrected chi connectivity index (χ4v) is 2.65. The monoisotopic (exact) mass is 291 g/mol. The molecule has 0 radical (unpaired) electrons. The van der Waals surface area contributed by atoms with Crippen molar-refractivity contribution in [2.24, 2.45) is 0 Å². The SMILES string of the molecule is CCOc1nc(N(Cc2cccs2)C(C)C)ccc1N. The Morgan fingerprint density at radius 1 is 1.35 bits per heavy atom. The maximum Gasteiger partial charge on any atom is 0.239 e. The summed E-state index contributed by atoms with van der Waals surface area (Å²) in [4.78, 5) is 8.11. The third kappa shape index (κ3) is 3.42. The molecule has 0 saturated heterocycles. The van der Waals surface area contributed by atoms with E-state index in [4.69, 9.17) is 10.5 Å². The summed E-state index contributed by atoms with van der Waals surface area (Å²) in [5.74, 6) is 1.41. The maximum atomic E-state index is 5.88. The van der Waals surface area contributed by atoms with Gasteiger partial charge in [0.25, 0.3) is 0 Å². The van der Waals surface area contributed by atoms with Crippen molar-refractivity contribution in [1.82, 2.24) is 4.98 Å². The van der Waals surface area contributed by atoms with Crippen LogP contribution in [-0.2, 0) is 6.54 Å². The van der Waals surface area contributed by atoms with Crippen molar-refractivity contribution in [3.8, 4) is 5.88 Å². The Balaban J connectivity index is 2.27. The number of pyridine rings is 1. The number of thiophene rings is 1. The number of aromatic nitrogens is 1. The van der Waals surface area contributed by atoms with E-state index in [0.717, 1.165) is 12.4 Å². The van der Waals surface area contributed by atoms with E-state index in [2.05, 4.69) is 41.2 Å². The molecule has 5 heteroatoms. The second-order valence-electron chi connectivity index (χ2n) is 4.80. The minimum atomic E-state index is 0.350. The Hall–Kier alpha value is -1.75. The highest BCUT2D eigenvalue weighted by atomic mass is 32.1. The summed E-state index contributed by atoms with van der Waals surface area (Å²) in [6.07, 6.45) is 0. The van der Waals surface area contributed by atoms with E-state index in [9.17, 15) is 0 Å². The van der Waals surface area contributed by atoms with Crippen LogP contribution in [0.1, 0.15) is 25.6 Å². The van der Waals surface area contributed by atoms with Gasteiger partial charge >= 0.3 is 0 Å². The minimum Gasteiger partial charge on any atom is -0.476 e. The van der Waals surface area contributed by atoms with Crippen LogP contribution in [-0.4, -0.2) is 17.6 Å². The molecule has 0 aliphatic carbocycles. The van der Waals surface area contributed by atoms with Gasteiger partial charge in [0.1, 0.15) is 5.82 Å². The predicted octanol–water partition coefficient (Wildman–Crippen LogP) is 3.54. The number of nitrogens with two attached hydrogens (primary N) is 1. The van der Waals surface area contributed by atoms with Crippen LogP contribution in [0.2, 0.25) is 0 Å². The molecule has 0 aromatic carbocycles. The van der Waals surface area contributed by atoms with Gasteiger partial charge < -0.3 is 15.4 Å². The highest BCUT2D eigenvalue weighted by Gasteiger charge is 2.15. The number of hydrogen-bond donors (Lipinski definition) is 1. The lowest BCUT2D eigenvalue weighted by molar-refractivity contribution is 0.329. The fourth-order valence-electron chi connectivity index (χ4n) is 1.95. The van der Waals surface area contributed by atoms with Crippen LogP contribution in [0, 0.1) is 0 Å². The Labute approximate surface area is 124 Å². The molecule has 2 aromatic rings. The van der Waals surface area contributed by atoms with Crippen LogP contribution in [0.4, 0.5) is 11.5 Å². The van der Waals surface area contributed by atoms with E-state index >= 15 is 0 Å². The number of ether oxygens (including phenoxy) is 1. The van der Waals surface area contributed by atoms with E-state index < -0.39 is 0 Å². The minimum absolute atomic E-state index is 0.350. The second-order valence-corrected chi connectivity index (χ2v) is 5.83. The van der Waals surface area contributed by atoms with Crippen molar-refractivity contribution in [2.45, 2.75) is 33.4 Å². The summed E-state index contributed by atoms with van der Waals surface area (Å²) >= 11 is 1.76. The number of anilines is 2. The molecule has 20 heavy (non-hydrogen) atoms. The number of rotatable bonds is 6. The van der Waals surface area contributed by atoms with E-state index in [0.29, 0.717) is 24.2 Å². The zero-order valence-corrected chi connectivity index (χ0v) is 13.0. The van der Waals surface area contributed by atoms with Gasteiger partial charge in [-0.2, -0.15) is 4.98 Å². The lowest BCUT2D eigenvalue weighted by Gasteiger charge is -2.27. The summed E-state index contributed by atoms with van der Waals surface area (Å²) in [7, 11) is 0. The Morgan fingerprint density at radius 2 is 2.15 bits per heavy atom. The van der Waals surface area contributed by atoms with Crippen LogP contribution < -0.4 is 15.4 Å². The molecule has 4 nitrogen and oxygen atoms in total. The summed E-state index contributed by atoms with van der Waals surface area (Å²) in [5.41, 5.74) is 6.46. The van der Waals surface area contributed by atoms with E-state index in [-0.39, 0.29) is 0 Å². The first-order chi connectivity index (χ1) is 9.61. The van der Waals surface area contributed by atoms with Crippen molar-refractivity contribution >= 4 is 22.8 Å². The molecule has 2 rings (SSSR count). The lowest BCUT2D eigenvalue weighted by Crippen LogP contribution is -2.30. The molecule has 2 aromatic heterocycles. The molecule has 0 bridgehead atoms. The first kappa shape index (κ1) is 14.7. The smallest absolute Gasteiger partial charge is 0.239 e. The van der Waals surface area contributed by atoms with Gasteiger partial charge in [-0.3, -0.25) is 0 Å². The first-order valence-electron chi connectivity index (χ1n) is 6.80. The topological polar surface area (TPSA) is 51.4 Å². The van der Waals surface area contributed by atoms with Gasteiger partial charge in [-0.05, 0) is 44.4 Å². The van der Waals surface area contributed by atoms with Crippen molar-refractivity contribution < 1.29 is 4.74 Å². The van der Waals surface area contributed by atoms with Crippen molar-refractivity contribution in [3.05, 3.63) is 34.5 Å². The van der Waals surface area contributed by atoms with Crippen LogP contribution in [0.5, 0.6) is 5.88 Å². The molecule has 0 atom stereocenters. The summed E-state index contributed by atoms with van der Waals surface area (Å²) < 4.78 is 5.48. The standard InChI is InChI=1S/C15H21N3OS/c1-4-19-15-13(16)7-8-14(17-15)18(11(2)3)10-12-6-5-9-20-12/h5-9,11H,4,10,16H2,1-3H3. The predicted molar refractivity (Wildman–Crippen MR) is 85.5 cm³/mol. The zero-order chi connectivity index (χ0) is 14.5. The van der Waals surface area contributed by atoms with Gasteiger partial charge in [0.2, 0.25) is 5.88 Å². The molecule has 0 spiro atoms. The molecular formula is C15H21N3OS. The Morgan fingerprint density at radius 3 is 2.75 bits per heavy atom. The summed E-state index contributed by atoms with van der Waals surface area (Å²) in [5, 5.41) is 2.09. The van der Waals surface area contributed by atoms with Crippen LogP contribution in [0.3, 0.4) is 0 Å². The molecule has 108 valence electrons. The molecule has 0 fully saturated rings. The van der Waals surface area contributed by atoms with E-state index in [1.807, 2.05) is 19.1 Å². The van der Waals surface area contributed by atoms with Crippen LogP contribution >= 0.6 is 11.3 Å². The van der Waals surface area contributed by atoms with Gasteiger partial charge in [0.15, 0.2) is 0 Å². The fraction of sp³-hybridized carbons (Fsp3) is 0.400. The van der Waals surface area contributed by atoms with Crippen LogP contribution in [0.25, 0.3) is 0 Å². The molecule has 2 heterocycles. The lowest BCUT2D eigenvalue weighted by atomic mass is 10.2. The molecular weight excluding hydrogens is 270 g/mol. The molecule has 0 amide bonds. The average molecular weight is 291 g/mol. The van der Waals surface area contributed by atoms with Gasteiger partial charge in [0, 0.05) is 10.9 Å². The number of nitrogen functional groups attached to an aromatic ring is 1. The highest BCUT2D eigenvalue weighted by Crippen LogP contribution is 2.26. The average Bonchev–Trinajstić information content (AvgIpc) is 2.92. The Bertz CT molecular complexity index is 540. The van der Waals surface area contributed by atoms with Crippen molar-refractivity contribution in [1.29, 1.82) is 0 Å². The molecule has 2 N–H and O–H groups in total. The number of hydrogen-bond acceptors (Lipinski definition) is 5. The van der Waals surface area contributed by atoms with Crippen molar-refractivity contribution in [3.63, 3.8) is 0 Å². The van der Waals surface area contributed by atoms with E-state index in [1.165, 1.54) is 4.88 Å². The number of nitrogens with zero attached hydrogens (tertiary/aromatic N) is 2. The third-order valence-corrected chi connectivity index (χ3v) is 3.84. The molecule has 0 unspecified atom stereocenters. The molecule has 0 aliphatic rings. The first-order valence-corrected chi connectivity index (χ1v) is 7.68. The van der Waals surface area contributed by atoms with Gasteiger partial charge in [-0.15, -0.1) is 11.3 Å². The third-order valence-electron chi connectivity index (χ3n) is 2.98. The maximum absolute atomic E-state index is 5.88. The summed E-state index contributed by atoms with van der Waals surface area (Å²) in [6, 6.07) is 8.37. The highest BCUT2D eigenvalue weighted by molar-refractivity contribution is 7.09. The zero-order valence-electron chi connectivity index (χ0n) is 12.2. The van der Waals surface area contributed by atoms with Crippen molar-refractivity contribution in [2.75, 3.05) is 17.2 Å². The van der Waals surface area contributed by atoms with Gasteiger partial charge in [0.05, 0.1) is 18.8 Å². The van der Waals surface area contributed by atoms with Gasteiger partial charge in [-0.1, -0.05) is 6.07 Å². The molecule has 0 aliphatic heterocycles. The Kier molecular flexibility index (Phi) is 4.84. The summed E-state index contributed by atoms with van der Waals surface area (Å²) in [6.45, 7) is 7.66. The normalized spacial score (nSPS) is 10.8. The van der Waals surface area contributed by atoms with E-state index in [1.54, 1.807) is 11.3 Å². The molecule has 0 saturated carbocycles. The van der Waals surface area contributed by atoms with Crippen LogP contribution in [0.15, 0.2) is 29.6 Å². The second kappa shape index (κ2) is 6.61. The quantitative estimate of drug-likeness (QED) is 0.884. The van der Waals surface area contributed by atoms with Gasteiger partial charge in [-0.25, -0.2) is 0 Å². The largest absolute Gasteiger partial charge is 0.476 e.